The zero-order valence-electron chi connectivity index (χ0n) is 11.5. The van der Waals surface area contributed by atoms with E-state index in [1.165, 1.54) is 0 Å². The zero-order valence-corrected chi connectivity index (χ0v) is 12.3. The summed E-state index contributed by atoms with van der Waals surface area (Å²) in [5, 5.41) is 4.18. The molecule has 0 saturated carbocycles. The van der Waals surface area contributed by atoms with Crippen LogP contribution in [-0.4, -0.2) is 11.5 Å². The Morgan fingerprint density at radius 1 is 1.39 bits per heavy atom. The van der Waals surface area contributed by atoms with Gasteiger partial charge in [-0.2, -0.15) is 0 Å². The maximum Gasteiger partial charge on any atom is 0.128 e. The van der Waals surface area contributed by atoms with Crippen LogP contribution in [0.15, 0.2) is 12.3 Å². The predicted molar refractivity (Wildman–Crippen MR) is 78.8 cm³/mol. The minimum atomic E-state index is 0.249. The highest BCUT2D eigenvalue weighted by atomic mass is 35.5. The van der Waals surface area contributed by atoms with Gasteiger partial charge in [-0.3, -0.25) is 0 Å². The highest BCUT2D eigenvalue weighted by molar-refractivity contribution is 6.30. The van der Waals surface area contributed by atoms with Gasteiger partial charge in [0.05, 0.1) is 5.02 Å². The maximum atomic E-state index is 6.01. The normalized spacial score (nSPS) is 12.9. The fourth-order valence-electron chi connectivity index (χ4n) is 1.93. The van der Waals surface area contributed by atoms with Crippen LogP contribution in [0.2, 0.25) is 5.02 Å². The molecule has 0 radical (unpaired) electrons. The molecule has 0 amide bonds. The summed E-state index contributed by atoms with van der Waals surface area (Å²) in [4.78, 5) is 4.14. The standard InChI is InChI=1S/C14H24ClN3/c1-4-7-17-13(6-5-10(2)3)12-8-11(15)9-18-14(12)16/h8-10,13,17H,4-7H2,1-3H3,(H2,16,18). The summed E-state index contributed by atoms with van der Waals surface area (Å²) in [5.74, 6) is 1.26. The molecule has 1 heterocycles. The number of nitrogens with two attached hydrogens (primary N) is 1. The molecule has 3 N–H and O–H groups in total. The molecule has 0 saturated heterocycles. The SMILES string of the molecule is CCCNC(CCC(C)C)c1cc(Cl)cnc1N. The van der Waals surface area contributed by atoms with Crippen molar-refractivity contribution in [2.75, 3.05) is 12.3 Å². The topological polar surface area (TPSA) is 50.9 Å². The lowest BCUT2D eigenvalue weighted by Gasteiger charge is -2.21. The molecule has 1 unspecified atom stereocenters. The van der Waals surface area contributed by atoms with Gasteiger partial charge in [-0.1, -0.05) is 32.4 Å². The van der Waals surface area contributed by atoms with E-state index in [-0.39, 0.29) is 6.04 Å². The van der Waals surface area contributed by atoms with E-state index in [4.69, 9.17) is 17.3 Å². The molecule has 0 aliphatic carbocycles. The maximum absolute atomic E-state index is 6.01. The Morgan fingerprint density at radius 3 is 2.72 bits per heavy atom. The Balaban J connectivity index is 2.82. The van der Waals surface area contributed by atoms with E-state index in [2.05, 4.69) is 31.1 Å². The van der Waals surface area contributed by atoms with Crippen molar-refractivity contribution in [1.29, 1.82) is 0 Å². The third kappa shape index (κ3) is 4.83. The second-order valence-electron chi connectivity index (χ2n) is 5.11. The molecule has 0 bridgehead atoms. The number of pyridine rings is 1. The zero-order chi connectivity index (χ0) is 13.5. The smallest absolute Gasteiger partial charge is 0.128 e. The van der Waals surface area contributed by atoms with Crippen LogP contribution in [0.1, 0.15) is 51.6 Å². The van der Waals surface area contributed by atoms with Crippen molar-refractivity contribution in [3.05, 3.63) is 22.8 Å². The Hall–Kier alpha value is -0.800. The summed E-state index contributed by atoms with van der Waals surface area (Å²) in [6, 6.07) is 2.18. The molecule has 0 spiro atoms. The van der Waals surface area contributed by atoms with Crippen LogP contribution in [0.3, 0.4) is 0 Å². The summed E-state index contributed by atoms with van der Waals surface area (Å²) in [7, 11) is 0. The molecule has 1 atom stereocenters. The minimum absolute atomic E-state index is 0.249. The van der Waals surface area contributed by atoms with E-state index in [9.17, 15) is 0 Å². The first kappa shape index (κ1) is 15.3. The van der Waals surface area contributed by atoms with Gasteiger partial charge in [0, 0.05) is 17.8 Å². The molecule has 0 aliphatic heterocycles. The minimum Gasteiger partial charge on any atom is -0.383 e. The summed E-state index contributed by atoms with van der Waals surface area (Å²) in [5.41, 5.74) is 6.98. The molecule has 18 heavy (non-hydrogen) atoms. The van der Waals surface area contributed by atoms with Gasteiger partial charge >= 0.3 is 0 Å². The van der Waals surface area contributed by atoms with Gasteiger partial charge in [0.25, 0.3) is 0 Å². The molecule has 4 heteroatoms. The molecule has 102 valence electrons. The largest absolute Gasteiger partial charge is 0.383 e. The van der Waals surface area contributed by atoms with Gasteiger partial charge in [-0.25, -0.2) is 4.98 Å². The van der Waals surface area contributed by atoms with Crippen LogP contribution in [0.4, 0.5) is 5.82 Å². The van der Waals surface area contributed by atoms with Crippen LogP contribution in [0, 0.1) is 5.92 Å². The van der Waals surface area contributed by atoms with Crippen LogP contribution in [0.5, 0.6) is 0 Å². The highest BCUT2D eigenvalue weighted by Crippen LogP contribution is 2.26. The molecule has 1 rings (SSSR count). The molecular weight excluding hydrogens is 246 g/mol. The van der Waals surface area contributed by atoms with Crippen molar-refractivity contribution in [3.63, 3.8) is 0 Å². The number of rotatable bonds is 7. The molecule has 1 aromatic rings. The van der Waals surface area contributed by atoms with Gasteiger partial charge in [0.1, 0.15) is 5.82 Å². The molecule has 0 aliphatic rings. The highest BCUT2D eigenvalue weighted by Gasteiger charge is 2.15. The summed E-state index contributed by atoms with van der Waals surface area (Å²) >= 11 is 6.01. The lowest BCUT2D eigenvalue weighted by Crippen LogP contribution is -2.23. The summed E-state index contributed by atoms with van der Waals surface area (Å²) in [6.45, 7) is 7.60. The van der Waals surface area contributed by atoms with E-state index >= 15 is 0 Å². The third-order valence-corrected chi connectivity index (χ3v) is 3.17. The average molecular weight is 270 g/mol. The number of anilines is 1. The van der Waals surface area contributed by atoms with E-state index in [0.717, 1.165) is 31.4 Å². The lowest BCUT2D eigenvalue weighted by molar-refractivity contribution is 0.441. The van der Waals surface area contributed by atoms with Crippen molar-refractivity contribution < 1.29 is 0 Å². The van der Waals surface area contributed by atoms with E-state index in [1.54, 1.807) is 6.20 Å². The average Bonchev–Trinajstić information content (AvgIpc) is 2.32. The Bertz CT molecular complexity index is 366. The molecule has 0 fully saturated rings. The number of nitrogen functional groups attached to an aromatic ring is 1. The van der Waals surface area contributed by atoms with Gasteiger partial charge in [-0.15, -0.1) is 0 Å². The van der Waals surface area contributed by atoms with Crippen molar-refractivity contribution >= 4 is 17.4 Å². The van der Waals surface area contributed by atoms with E-state index < -0.39 is 0 Å². The van der Waals surface area contributed by atoms with Gasteiger partial charge < -0.3 is 11.1 Å². The number of hydrogen-bond donors (Lipinski definition) is 2. The van der Waals surface area contributed by atoms with Gasteiger partial charge in [0.2, 0.25) is 0 Å². The van der Waals surface area contributed by atoms with Crippen molar-refractivity contribution in [2.24, 2.45) is 5.92 Å². The van der Waals surface area contributed by atoms with E-state index in [0.29, 0.717) is 16.8 Å². The van der Waals surface area contributed by atoms with Gasteiger partial charge in [0.15, 0.2) is 0 Å². The fraction of sp³-hybridized carbons (Fsp3) is 0.643. The van der Waals surface area contributed by atoms with Gasteiger partial charge in [-0.05, 0) is 37.8 Å². The predicted octanol–water partition coefficient (Wildman–Crippen LogP) is 3.79. The van der Waals surface area contributed by atoms with E-state index in [1.807, 2.05) is 6.07 Å². The number of halogens is 1. The number of nitrogens with one attached hydrogen (secondary N) is 1. The van der Waals surface area contributed by atoms with Crippen molar-refractivity contribution in [2.45, 2.75) is 46.1 Å². The molecular formula is C14H24ClN3. The number of nitrogens with zero attached hydrogens (tertiary/aromatic N) is 1. The second kappa shape index (κ2) is 7.59. The molecule has 0 aromatic carbocycles. The summed E-state index contributed by atoms with van der Waals surface area (Å²) < 4.78 is 0. The monoisotopic (exact) mass is 269 g/mol. The Labute approximate surface area is 115 Å². The first-order chi connectivity index (χ1) is 8.54. The second-order valence-corrected chi connectivity index (χ2v) is 5.54. The first-order valence-corrected chi connectivity index (χ1v) is 7.06. The van der Waals surface area contributed by atoms with Crippen molar-refractivity contribution in [3.8, 4) is 0 Å². The van der Waals surface area contributed by atoms with Crippen LogP contribution >= 0.6 is 11.6 Å². The van der Waals surface area contributed by atoms with Crippen LogP contribution in [-0.2, 0) is 0 Å². The summed E-state index contributed by atoms with van der Waals surface area (Å²) in [6.07, 6.45) is 4.92. The quantitative estimate of drug-likeness (QED) is 0.792. The third-order valence-electron chi connectivity index (χ3n) is 2.96. The van der Waals surface area contributed by atoms with Crippen LogP contribution in [0.25, 0.3) is 0 Å². The van der Waals surface area contributed by atoms with Crippen molar-refractivity contribution in [1.82, 2.24) is 10.3 Å². The fourth-order valence-corrected chi connectivity index (χ4v) is 2.10. The molecule has 3 nitrogen and oxygen atoms in total. The Morgan fingerprint density at radius 2 is 2.11 bits per heavy atom. The first-order valence-electron chi connectivity index (χ1n) is 6.68. The number of aromatic nitrogens is 1. The number of hydrogen-bond acceptors (Lipinski definition) is 3. The van der Waals surface area contributed by atoms with Crippen LogP contribution < -0.4 is 11.1 Å². The lowest BCUT2D eigenvalue weighted by atomic mass is 9.98. The molecule has 1 aromatic heterocycles. The Kier molecular flexibility index (Phi) is 6.44.